The van der Waals surface area contributed by atoms with Crippen LogP contribution in [0.1, 0.15) is 36.0 Å². The molecule has 2 aromatic carbocycles. The Morgan fingerprint density at radius 2 is 1.73 bits per heavy atom. The third-order valence-corrected chi connectivity index (χ3v) is 4.95. The molecule has 162 valence electrons. The topological polar surface area (TPSA) is 103 Å². The molecule has 2 aromatic rings. The lowest BCUT2D eigenvalue weighted by Gasteiger charge is -2.26. The fourth-order valence-corrected chi connectivity index (χ4v) is 3.28. The van der Waals surface area contributed by atoms with E-state index in [0.29, 0.717) is 22.7 Å². The number of rotatable bonds is 7. The largest absolute Gasteiger partial charge is 0.497 e. The second kappa shape index (κ2) is 11.4. The highest BCUT2D eigenvalue weighted by molar-refractivity contribution is 5.94. The number of amides is 2. The van der Waals surface area contributed by atoms with Gasteiger partial charge in [-0.1, -0.05) is 6.07 Å². The highest BCUT2D eigenvalue weighted by Crippen LogP contribution is 2.19. The van der Waals surface area contributed by atoms with E-state index in [1.807, 2.05) is 0 Å². The van der Waals surface area contributed by atoms with Gasteiger partial charge in [0.15, 0.2) is 6.61 Å². The van der Waals surface area contributed by atoms with Gasteiger partial charge < -0.3 is 25.8 Å². The number of halogens is 1. The second-order valence-corrected chi connectivity index (χ2v) is 7.18. The lowest BCUT2D eigenvalue weighted by molar-refractivity contribution is -0.118. The lowest BCUT2D eigenvalue weighted by Crippen LogP contribution is -2.40. The molecule has 7 nitrogen and oxygen atoms in total. The third-order valence-electron chi connectivity index (χ3n) is 4.95. The zero-order valence-corrected chi connectivity index (χ0v) is 17.7. The van der Waals surface area contributed by atoms with Crippen LogP contribution in [0.4, 0.5) is 5.69 Å². The summed E-state index contributed by atoms with van der Waals surface area (Å²) in [6.45, 7) is -0.134. The first-order valence-electron chi connectivity index (χ1n) is 9.76. The van der Waals surface area contributed by atoms with Gasteiger partial charge in [0.1, 0.15) is 11.5 Å². The standard InChI is InChI=1S/C22H27N3O4.ClH/c1-28-20-4-2-3-18(13-20)24-21(26)14-29-19-11-5-15(6-12-19)22(27)25-17-9-7-16(23)8-10-17;/h2-6,11-13,16-17H,7-10,14,23H2,1H3,(H,24,26)(H,25,27);1H. The number of hydrogen-bond donors (Lipinski definition) is 3. The molecule has 4 N–H and O–H groups in total. The van der Waals surface area contributed by atoms with Crippen molar-refractivity contribution in [3.05, 3.63) is 54.1 Å². The molecule has 0 saturated heterocycles. The number of carbonyl (C=O) groups excluding carboxylic acids is 2. The minimum Gasteiger partial charge on any atom is -0.497 e. The molecule has 8 heteroatoms. The third kappa shape index (κ3) is 6.93. The quantitative estimate of drug-likeness (QED) is 0.622. The maximum Gasteiger partial charge on any atom is 0.262 e. The summed E-state index contributed by atoms with van der Waals surface area (Å²) in [6.07, 6.45) is 3.71. The van der Waals surface area contributed by atoms with Crippen LogP contribution in [0.2, 0.25) is 0 Å². The van der Waals surface area contributed by atoms with Gasteiger partial charge in [-0.2, -0.15) is 0 Å². The maximum absolute atomic E-state index is 12.4. The molecule has 3 rings (SSSR count). The summed E-state index contributed by atoms with van der Waals surface area (Å²) in [6, 6.07) is 14.3. The van der Waals surface area contributed by atoms with E-state index in [1.54, 1.807) is 55.6 Å². The Balaban J connectivity index is 0.00000320. The molecule has 0 bridgehead atoms. The van der Waals surface area contributed by atoms with E-state index in [1.165, 1.54) is 0 Å². The van der Waals surface area contributed by atoms with Gasteiger partial charge in [-0.25, -0.2) is 0 Å². The number of methoxy groups -OCH3 is 1. The summed E-state index contributed by atoms with van der Waals surface area (Å²) in [5.41, 5.74) is 7.10. The van der Waals surface area contributed by atoms with Gasteiger partial charge in [-0.15, -0.1) is 12.4 Å². The van der Waals surface area contributed by atoms with Crippen LogP contribution in [0.25, 0.3) is 0 Å². The SMILES string of the molecule is COc1cccc(NC(=O)COc2ccc(C(=O)NC3CCC(N)CC3)cc2)c1.Cl. The molecule has 0 radical (unpaired) electrons. The van der Waals surface area contributed by atoms with Gasteiger partial charge in [-0.3, -0.25) is 9.59 Å². The van der Waals surface area contributed by atoms with E-state index in [4.69, 9.17) is 15.2 Å². The first kappa shape index (κ1) is 23.5. The zero-order chi connectivity index (χ0) is 20.6. The van der Waals surface area contributed by atoms with Crippen LogP contribution >= 0.6 is 12.4 Å². The van der Waals surface area contributed by atoms with Crippen molar-refractivity contribution in [1.29, 1.82) is 0 Å². The molecular formula is C22H28ClN3O4. The number of hydrogen-bond acceptors (Lipinski definition) is 5. The first-order chi connectivity index (χ1) is 14.0. The number of ether oxygens (including phenoxy) is 2. The Morgan fingerprint density at radius 3 is 2.40 bits per heavy atom. The number of nitrogens with two attached hydrogens (primary N) is 1. The van der Waals surface area contributed by atoms with Crippen molar-refractivity contribution in [3.63, 3.8) is 0 Å². The summed E-state index contributed by atoms with van der Waals surface area (Å²) >= 11 is 0. The first-order valence-corrected chi connectivity index (χ1v) is 9.76. The molecule has 0 atom stereocenters. The molecule has 0 heterocycles. The lowest BCUT2D eigenvalue weighted by atomic mass is 9.91. The summed E-state index contributed by atoms with van der Waals surface area (Å²) < 4.78 is 10.6. The molecule has 0 aromatic heterocycles. The van der Waals surface area contributed by atoms with Gasteiger partial charge >= 0.3 is 0 Å². The minimum absolute atomic E-state index is 0. The maximum atomic E-state index is 12.4. The van der Waals surface area contributed by atoms with E-state index in [-0.39, 0.29) is 42.9 Å². The van der Waals surface area contributed by atoms with E-state index in [9.17, 15) is 9.59 Å². The monoisotopic (exact) mass is 433 g/mol. The van der Waals surface area contributed by atoms with Gasteiger partial charge in [0.25, 0.3) is 11.8 Å². The molecule has 1 aliphatic rings. The van der Waals surface area contributed by atoms with Gasteiger partial charge in [0.2, 0.25) is 0 Å². The number of nitrogens with one attached hydrogen (secondary N) is 2. The fourth-order valence-electron chi connectivity index (χ4n) is 3.28. The van der Waals surface area contributed by atoms with Gasteiger partial charge in [-0.05, 0) is 62.1 Å². The van der Waals surface area contributed by atoms with E-state index < -0.39 is 0 Å². The van der Waals surface area contributed by atoms with Crippen molar-refractivity contribution in [1.82, 2.24) is 5.32 Å². The number of carbonyl (C=O) groups is 2. The Labute approximate surface area is 182 Å². The van der Waals surface area contributed by atoms with Crippen LogP contribution in [-0.4, -0.2) is 37.6 Å². The van der Waals surface area contributed by atoms with Gasteiger partial charge in [0, 0.05) is 29.4 Å². The molecule has 0 aliphatic heterocycles. The van der Waals surface area contributed by atoms with E-state index in [0.717, 1.165) is 25.7 Å². The summed E-state index contributed by atoms with van der Waals surface area (Å²) in [5, 5.41) is 5.80. The Morgan fingerprint density at radius 1 is 1.03 bits per heavy atom. The summed E-state index contributed by atoms with van der Waals surface area (Å²) in [7, 11) is 1.57. The minimum atomic E-state index is -0.282. The van der Waals surface area contributed by atoms with Crippen LogP contribution in [0.15, 0.2) is 48.5 Å². The average molecular weight is 434 g/mol. The molecule has 2 amide bonds. The van der Waals surface area contributed by atoms with Crippen LogP contribution in [0.5, 0.6) is 11.5 Å². The summed E-state index contributed by atoms with van der Waals surface area (Å²) in [4.78, 5) is 24.4. The Hall–Kier alpha value is -2.77. The Bertz CT molecular complexity index is 837. The normalized spacial score (nSPS) is 17.9. The van der Waals surface area contributed by atoms with Crippen molar-refractivity contribution in [2.24, 2.45) is 5.73 Å². The van der Waals surface area contributed by atoms with Gasteiger partial charge in [0.05, 0.1) is 7.11 Å². The van der Waals surface area contributed by atoms with Crippen LogP contribution in [-0.2, 0) is 4.79 Å². The highest BCUT2D eigenvalue weighted by Gasteiger charge is 2.20. The van der Waals surface area contributed by atoms with Crippen molar-refractivity contribution >= 4 is 29.9 Å². The van der Waals surface area contributed by atoms with Crippen molar-refractivity contribution in [2.75, 3.05) is 19.0 Å². The molecule has 1 fully saturated rings. The smallest absolute Gasteiger partial charge is 0.262 e. The van der Waals surface area contributed by atoms with Crippen molar-refractivity contribution in [2.45, 2.75) is 37.8 Å². The predicted octanol–water partition coefficient (Wildman–Crippen LogP) is 3.13. The molecule has 0 spiro atoms. The Kier molecular flexibility index (Phi) is 8.95. The van der Waals surface area contributed by atoms with E-state index in [2.05, 4.69) is 10.6 Å². The molecule has 1 aliphatic carbocycles. The van der Waals surface area contributed by atoms with Crippen LogP contribution in [0.3, 0.4) is 0 Å². The van der Waals surface area contributed by atoms with Crippen molar-refractivity contribution in [3.8, 4) is 11.5 Å². The fraction of sp³-hybridized carbons (Fsp3) is 0.364. The number of benzene rings is 2. The highest BCUT2D eigenvalue weighted by atomic mass is 35.5. The van der Waals surface area contributed by atoms with Crippen LogP contribution in [0, 0.1) is 0 Å². The zero-order valence-electron chi connectivity index (χ0n) is 16.9. The van der Waals surface area contributed by atoms with E-state index >= 15 is 0 Å². The summed E-state index contributed by atoms with van der Waals surface area (Å²) in [5.74, 6) is 0.794. The molecule has 1 saturated carbocycles. The average Bonchev–Trinajstić information content (AvgIpc) is 2.74. The molecular weight excluding hydrogens is 406 g/mol. The molecule has 30 heavy (non-hydrogen) atoms. The van der Waals surface area contributed by atoms with Crippen LogP contribution < -0.4 is 25.8 Å². The second-order valence-electron chi connectivity index (χ2n) is 7.18. The number of anilines is 1. The van der Waals surface area contributed by atoms with Crippen molar-refractivity contribution < 1.29 is 19.1 Å². The predicted molar refractivity (Wildman–Crippen MR) is 119 cm³/mol. The molecule has 0 unspecified atom stereocenters.